The first-order valence-corrected chi connectivity index (χ1v) is 4.90. The molecule has 12 heavy (non-hydrogen) atoms. The second kappa shape index (κ2) is 7.41. The van der Waals surface area contributed by atoms with Crippen LogP contribution in [0.25, 0.3) is 0 Å². The lowest BCUT2D eigenvalue weighted by atomic mass is 10.3. The summed E-state index contributed by atoms with van der Waals surface area (Å²) in [6.45, 7) is 4.44. The van der Waals surface area contributed by atoms with Crippen molar-refractivity contribution in [2.24, 2.45) is 0 Å². The van der Waals surface area contributed by atoms with Crippen molar-refractivity contribution in [3.05, 3.63) is 0 Å². The summed E-state index contributed by atoms with van der Waals surface area (Å²) in [5.74, 6) is -0.186. The third-order valence-corrected chi connectivity index (χ3v) is 1.61. The van der Waals surface area contributed by atoms with E-state index in [-0.39, 0.29) is 11.3 Å². The number of ether oxygens (including phenoxy) is 1. The molecule has 0 aromatic carbocycles. The van der Waals surface area contributed by atoms with E-state index in [4.69, 9.17) is 16.3 Å². The van der Waals surface area contributed by atoms with E-state index < -0.39 is 0 Å². The predicted octanol–water partition coefficient (Wildman–Crippen LogP) is 2.74. The quantitative estimate of drug-likeness (QED) is 0.368. The maximum Gasteiger partial charge on any atom is 0.307 e. The number of carbonyl (C=O) groups is 1. The number of hydrogen-bond acceptors (Lipinski definition) is 2. The first-order chi connectivity index (χ1) is 5.66. The van der Waals surface area contributed by atoms with Crippen molar-refractivity contribution in [1.29, 1.82) is 0 Å². The normalized spacial score (nSPS) is 12.6. The molecule has 0 aromatic rings. The molecular formula is C9H17ClO2. The molecule has 0 radical (unpaired) electrons. The molecule has 0 saturated heterocycles. The van der Waals surface area contributed by atoms with Crippen molar-refractivity contribution < 1.29 is 9.53 Å². The monoisotopic (exact) mass is 192 g/mol. The molecular weight excluding hydrogens is 176 g/mol. The Morgan fingerprint density at radius 1 is 1.50 bits per heavy atom. The topological polar surface area (TPSA) is 26.3 Å². The fourth-order valence-corrected chi connectivity index (χ4v) is 0.953. The maximum absolute atomic E-state index is 10.9. The van der Waals surface area contributed by atoms with Crippen molar-refractivity contribution >= 4 is 17.6 Å². The van der Waals surface area contributed by atoms with Gasteiger partial charge in [-0.05, 0) is 13.3 Å². The van der Waals surface area contributed by atoms with Crippen LogP contribution in [-0.2, 0) is 9.53 Å². The van der Waals surface area contributed by atoms with Crippen LogP contribution in [0.4, 0.5) is 0 Å². The van der Waals surface area contributed by atoms with Gasteiger partial charge in [0.2, 0.25) is 0 Å². The van der Waals surface area contributed by atoms with Crippen LogP contribution in [0.2, 0.25) is 0 Å². The molecule has 0 fully saturated rings. The van der Waals surface area contributed by atoms with Crippen LogP contribution in [0.1, 0.15) is 39.5 Å². The lowest BCUT2D eigenvalue weighted by molar-refractivity contribution is -0.143. The summed E-state index contributed by atoms with van der Waals surface area (Å²) in [5, 5.41) is -0.122. The molecule has 1 unspecified atom stereocenters. The molecule has 0 aliphatic heterocycles. The SMILES string of the molecule is CCCCCOC(=O)CC(C)Cl. The minimum atomic E-state index is -0.186. The lowest BCUT2D eigenvalue weighted by Crippen LogP contribution is -2.09. The van der Waals surface area contributed by atoms with Gasteiger partial charge in [-0.3, -0.25) is 4.79 Å². The van der Waals surface area contributed by atoms with Gasteiger partial charge in [0.25, 0.3) is 0 Å². The number of alkyl halides is 1. The van der Waals surface area contributed by atoms with Gasteiger partial charge in [-0.2, -0.15) is 0 Å². The van der Waals surface area contributed by atoms with E-state index in [1.807, 2.05) is 0 Å². The van der Waals surface area contributed by atoms with Gasteiger partial charge in [-0.1, -0.05) is 19.8 Å². The highest BCUT2D eigenvalue weighted by Gasteiger charge is 2.06. The molecule has 72 valence electrons. The summed E-state index contributed by atoms with van der Waals surface area (Å²) >= 11 is 5.61. The Hall–Kier alpha value is -0.240. The first kappa shape index (κ1) is 11.8. The highest BCUT2D eigenvalue weighted by Crippen LogP contribution is 2.02. The van der Waals surface area contributed by atoms with Gasteiger partial charge in [0, 0.05) is 5.38 Å². The van der Waals surface area contributed by atoms with Crippen molar-refractivity contribution in [1.82, 2.24) is 0 Å². The molecule has 1 atom stereocenters. The van der Waals surface area contributed by atoms with Crippen LogP contribution in [0.5, 0.6) is 0 Å². The Morgan fingerprint density at radius 3 is 2.67 bits per heavy atom. The molecule has 0 spiro atoms. The van der Waals surface area contributed by atoms with Crippen molar-refractivity contribution in [2.45, 2.75) is 44.9 Å². The van der Waals surface area contributed by atoms with Crippen molar-refractivity contribution in [2.75, 3.05) is 6.61 Å². The second-order valence-corrected chi connectivity index (χ2v) is 3.66. The summed E-state index contributed by atoms with van der Waals surface area (Å²) in [6.07, 6.45) is 3.53. The minimum absolute atomic E-state index is 0.122. The summed E-state index contributed by atoms with van der Waals surface area (Å²) in [7, 11) is 0. The van der Waals surface area contributed by atoms with E-state index >= 15 is 0 Å². The molecule has 0 aliphatic rings. The largest absolute Gasteiger partial charge is 0.466 e. The van der Waals surface area contributed by atoms with Crippen LogP contribution in [0.15, 0.2) is 0 Å². The van der Waals surface area contributed by atoms with Crippen molar-refractivity contribution in [3.8, 4) is 0 Å². The molecule has 0 N–H and O–H groups in total. The lowest BCUT2D eigenvalue weighted by Gasteiger charge is -2.04. The highest BCUT2D eigenvalue weighted by molar-refractivity contribution is 6.21. The molecule has 3 heteroatoms. The molecule has 0 saturated carbocycles. The van der Waals surface area contributed by atoms with E-state index in [0.717, 1.165) is 19.3 Å². The zero-order valence-electron chi connectivity index (χ0n) is 7.81. The molecule has 0 aromatic heterocycles. The zero-order valence-corrected chi connectivity index (χ0v) is 8.56. The molecule has 0 bridgehead atoms. The molecule has 0 aliphatic carbocycles. The average molecular weight is 193 g/mol. The van der Waals surface area contributed by atoms with Crippen LogP contribution < -0.4 is 0 Å². The number of carbonyl (C=O) groups excluding carboxylic acids is 1. The number of rotatable bonds is 6. The Kier molecular flexibility index (Phi) is 7.26. The standard InChI is InChI=1S/C9H17ClO2/c1-3-4-5-6-12-9(11)7-8(2)10/h8H,3-7H2,1-2H3. The molecule has 0 rings (SSSR count). The van der Waals surface area contributed by atoms with Crippen LogP contribution in [0, 0.1) is 0 Å². The van der Waals surface area contributed by atoms with Gasteiger partial charge in [-0.25, -0.2) is 0 Å². The summed E-state index contributed by atoms with van der Waals surface area (Å²) in [4.78, 5) is 10.9. The van der Waals surface area contributed by atoms with Crippen molar-refractivity contribution in [3.63, 3.8) is 0 Å². The zero-order chi connectivity index (χ0) is 9.40. The molecule has 0 heterocycles. The van der Waals surface area contributed by atoms with E-state index in [0.29, 0.717) is 13.0 Å². The average Bonchev–Trinajstić information content (AvgIpc) is 1.97. The number of hydrogen-bond donors (Lipinski definition) is 0. The fraction of sp³-hybridized carbons (Fsp3) is 0.889. The number of esters is 1. The third kappa shape index (κ3) is 7.86. The summed E-state index contributed by atoms with van der Waals surface area (Å²) in [5.41, 5.74) is 0. The van der Waals surface area contributed by atoms with Crippen LogP contribution >= 0.6 is 11.6 Å². The van der Waals surface area contributed by atoms with Gasteiger partial charge in [0.05, 0.1) is 13.0 Å². The predicted molar refractivity (Wildman–Crippen MR) is 50.4 cm³/mol. The number of halogens is 1. The summed E-state index contributed by atoms with van der Waals surface area (Å²) < 4.78 is 4.93. The van der Waals surface area contributed by atoms with Gasteiger partial charge >= 0.3 is 5.97 Å². The van der Waals surface area contributed by atoms with Gasteiger partial charge in [-0.15, -0.1) is 11.6 Å². The Labute approximate surface area is 79.2 Å². The second-order valence-electron chi connectivity index (χ2n) is 2.91. The van der Waals surface area contributed by atoms with Gasteiger partial charge in [0.1, 0.15) is 0 Å². The summed E-state index contributed by atoms with van der Waals surface area (Å²) in [6, 6.07) is 0. The van der Waals surface area contributed by atoms with Gasteiger partial charge in [0.15, 0.2) is 0 Å². The Bertz CT molecular complexity index is 124. The Morgan fingerprint density at radius 2 is 2.17 bits per heavy atom. The first-order valence-electron chi connectivity index (χ1n) is 4.46. The Balaban J connectivity index is 3.20. The van der Waals surface area contributed by atoms with E-state index in [2.05, 4.69) is 6.92 Å². The smallest absolute Gasteiger partial charge is 0.307 e. The van der Waals surface area contributed by atoms with E-state index in [1.165, 1.54) is 0 Å². The third-order valence-electron chi connectivity index (χ3n) is 1.46. The molecule has 2 nitrogen and oxygen atoms in total. The highest BCUT2D eigenvalue weighted by atomic mass is 35.5. The van der Waals surface area contributed by atoms with E-state index in [1.54, 1.807) is 6.92 Å². The minimum Gasteiger partial charge on any atom is -0.466 e. The fourth-order valence-electron chi connectivity index (χ4n) is 0.827. The molecule has 0 amide bonds. The van der Waals surface area contributed by atoms with Crippen LogP contribution in [0.3, 0.4) is 0 Å². The number of unbranched alkanes of at least 4 members (excludes halogenated alkanes) is 2. The maximum atomic E-state index is 10.9. The van der Waals surface area contributed by atoms with Gasteiger partial charge < -0.3 is 4.74 Å². The van der Waals surface area contributed by atoms with E-state index in [9.17, 15) is 4.79 Å². The van der Waals surface area contributed by atoms with Crippen LogP contribution in [-0.4, -0.2) is 18.0 Å².